The lowest BCUT2D eigenvalue weighted by Crippen LogP contribution is -2.20. The molecule has 0 saturated heterocycles. The van der Waals surface area contributed by atoms with Gasteiger partial charge in [-0.1, -0.05) is 30.3 Å². The zero-order chi connectivity index (χ0) is 20.6. The first kappa shape index (κ1) is 18.7. The minimum absolute atomic E-state index is 0.0487. The maximum absolute atomic E-state index is 13.0. The van der Waals surface area contributed by atoms with E-state index in [1.807, 2.05) is 48.3 Å². The number of amides is 2. The number of benzene rings is 3. The summed E-state index contributed by atoms with van der Waals surface area (Å²) in [5.74, 6) is -1.14. The Morgan fingerprint density at radius 1 is 0.828 bits per heavy atom. The SMILES string of the molecule is CN(c1ccccc1)c1ccccc1NS(=O)(=O)c1ccc2c(c1)C(=O)NC2=O. The summed E-state index contributed by atoms with van der Waals surface area (Å²) in [6.07, 6.45) is 0. The summed E-state index contributed by atoms with van der Waals surface area (Å²) in [7, 11) is -2.14. The minimum atomic E-state index is -3.98. The number of carbonyl (C=O) groups excluding carboxylic acids is 2. The highest BCUT2D eigenvalue weighted by Crippen LogP contribution is 2.32. The van der Waals surface area contributed by atoms with E-state index in [1.165, 1.54) is 18.2 Å². The van der Waals surface area contributed by atoms with Crippen LogP contribution < -0.4 is 14.9 Å². The number of para-hydroxylation sites is 3. The van der Waals surface area contributed by atoms with Crippen molar-refractivity contribution in [3.05, 3.63) is 83.9 Å². The highest BCUT2D eigenvalue weighted by molar-refractivity contribution is 7.92. The summed E-state index contributed by atoms with van der Waals surface area (Å²) in [4.78, 5) is 25.3. The van der Waals surface area contributed by atoms with Gasteiger partial charge in [0.1, 0.15) is 0 Å². The molecule has 1 aliphatic rings. The second-order valence-corrected chi connectivity index (χ2v) is 8.19. The van der Waals surface area contributed by atoms with E-state index in [-0.39, 0.29) is 16.0 Å². The molecule has 0 atom stereocenters. The van der Waals surface area contributed by atoms with Crippen LogP contribution in [0.4, 0.5) is 17.1 Å². The minimum Gasteiger partial charge on any atom is -0.343 e. The van der Waals surface area contributed by atoms with E-state index in [2.05, 4.69) is 10.0 Å². The van der Waals surface area contributed by atoms with E-state index in [1.54, 1.807) is 18.2 Å². The summed E-state index contributed by atoms with van der Waals surface area (Å²) < 4.78 is 28.5. The lowest BCUT2D eigenvalue weighted by molar-refractivity contribution is 0.0879. The Bertz CT molecular complexity index is 1220. The smallest absolute Gasteiger partial charge is 0.261 e. The van der Waals surface area contributed by atoms with Gasteiger partial charge >= 0.3 is 0 Å². The number of anilines is 3. The van der Waals surface area contributed by atoms with Gasteiger partial charge in [0.05, 0.1) is 27.4 Å². The van der Waals surface area contributed by atoms with Gasteiger partial charge in [0, 0.05) is 12.7 Å². The first-order chi connectivity index (χ1) is 13.9. The third kappa shape index (κ3) is 3.45. The van der Waals surface area contributed by atoms with E-state index in [0.29, 0.717) is 11.4 Å². The number of hydrogen-bond donors (Lipinski definition) is 2. The lowest BCUT2D eigenvalue weighted by Gasteiger charge is -2.23. The molecule has 0 aliphatic carbocycles. The van der Waals surface area contributed by atoms with Crippen molar-refractivity contribution in [3.63, 3.8) is 0 Å². The van der Waals surface area contributed by atoms with Crippen LogP contribution in [-0.2, 0) is 10.0 Å². The fraction of sp³-hybridized carbons (Fsp3) is 0.0476. The molecule has 2 amide bonds. The molecule has 2 N–H and O–H groups in total. The number of nitrogens with zero attached hydrogens (tertiary/aromatic N) is 1. The van der Waals surface area contributed by atoms with Crippen molar-refractivity contribution < 1.29 is 18.0 Å². The molecule has 3 aromatic rings. The maximum atomic E-state index is 13.0. The molecular formula is C21H17N3O4S. The maximum Gasteiger partial charge on any atom is 0.261 e. The average molecular weight is 407 g/mol. The molecule has 8 heteroatoms. The fourth-order valence-corrected chi connectivity index (χ4v) is 4.26. The molecule has 7 nitrogen and oxygen atoms in total. The highest BCUT2D eigenvalue weighted by atomic mass is 32.2. The molecule has 0 unspecified atom stereocenters. The van der Waals surface area contributed by atoms with Crippen molar-refractivity contribution >= 4 is 38.9 Å². The number of hydrogen-bond acceptors (Lipinski definition) is 5. The quantitative estimate of drug-likeness (QED) is 0.634. The molecular weight excluding hydrogens is 390 g/mol. The van der Waals surface area contributed by atoms with Crippen molar-refractivity contribution in [1.82, 2.24) is 5.32 Å². The molecule has 0 bridgehead atoms. The van der Waals surface area contributed by atoms with Crippen LogP contribution in [-0.4, -0.2) is 27.3 Å². The van der Waals surface area contributed by atoms with Crippen LogP contribution in [0.1, 0.15) is 20.7 Å². The number of sulfonamides is 1. The Balaban J connectivity index is 1.69. The van der Waals surface area contributed by atoms with E-state index in [9.17, 15) is 18.0 Å². The summed E-state index contributed by atoms with van der Waals surface area (Å²) >= 11 is 0. The summed E-state index contributed by atoms with van der Waals surface area (Å²) in [5.41, 5.74) is 2.16. The molecule has 0 spiro atoms. The van der Waals surface area contributed by atoms with Crippen LogP contribution in [0.15, 0.2) is 77.7 Å². The Labute approximate surface area is 168 Å². The van der Waals surface area contributed by atoms with Gasteiger partial charge < -0.3 is 4.90 Å². The van der Waals surface area contributed by atoms with Crippen LogP contribution in [0.2, 0.25) is 0 Å². The van der Waals surface area contributed by atoms with Gasteiger partial charge in [0.2, 0.25) is 0 Å². The topological polar surface area (TPSA) is 95.6 Å². The van der Waals surface area contributed by atoms with Crippen LogP contribution >= 0.6 is 0 Å². The highest BCUT2D eigenvalue weighted by Gasteiger charge is 2.29. The number of imide groups is 1. The Kier molecular flexibility index (Phi) is 4.56. The molecule has 146 valence electrons. The largest absolute Gasteiger partial charge is 0.343 e. The van der Waals surface area contributed by atoms with Gasteiger partial charge in [-0.3, -0.25) is 19.6 Å². The molecule has 0 saturated carbocycles. The summed E-state index contributed by atoms with van der Waals surface area (Å²) in [6.45, 7) is 0. The molecule has 4 rings (SSSR count). The third-order valence-corrected chi connectivity index (χ3v) is 6.03. The Hall–Kier alpha value is -3.65. The van der Waals surface area contributed by atoms with E-state index in [0.717, 1.165) is 5.69 Å². The number of carbonyl (C=O) groups is 2. The van der Waals surface area contributed by atoms with Crippen molar-refractivity contribution in [2.75, 3.05) is 16.7 Å². The summed E-state index contributed by atoms with van der Waals surface area (Å²) in [6, 6.07) is 20.4. The predicted molar refractivity (Wildman–Crippen MR) is 110 cm³/mol. The van der Waals surface area contributed by atoms with E-state index in [4.69, 9.17) is 0 Å². The van der Waals surface area contributed by atoms with E-state index < -0.39 is 21.8 Å². The normalized spacial score (nSPS) is 13.0. The van der Waals surface area contributed by atoms with Gasteiger partial charge in [-0.2, -0.15) is 0 Å². The van der Waals surface area contributed by atoms with E-state index >= 15 is 0 Å². The van der Waals surface area contributed by atoms with Crippen LogP contribution in [0.5, 0.6) is 0 Å². The monoisotopic (exact) mass is 407 g/mol. The zero-order valence-corrected chi connectivity index (χ0v) is 16.2. The number of rotatable bonds is 5. The Morgan fingerprint density at radius 2 is 1.48 bits per heavy atom. The van der Waals surface area contributed by atoms with Gasteiger partial charge in [-0.25, -0.2) is 8.42 Å². The molecule has 0 radical (unpaired) electrons. The Morgan fingerprint density at radius 3 is 2.24 bits per heavy atom. The molecule has 0 aromatic heterocycles. The lowest BCUT2D eigenvalue weighted by atomic mass is 10.1. The third-order valence-electron chi connectivity index (χ3n) is 4.67. The molecule has 1 heterocycles. The zero-order valence-electron chi connectivity index (χ0n) is 15.4. The van der Waals surface area contributed by atoms with Crippen LogP contribution in [0.3, 0.4) is 0 Å². The van der Waals surface area contributed by atoms with Gasteiger partial charge in [-0.05, 0) is 42.5 Å². The van der Waals surface area contributed by atoms with Crippen molar-refractivity contribution in [3.8, 4) is 0 Å². The fourth-order valence-electron chi connectivity index (χ4n) is 3.16. The second-order valence-electron chi connectivity index (χ2n) is 6.51. The van der Waals surface area contributed by atoms with Gasteiger partial charge in [0.25, 0.3) is 21.8 Å². The second kappa shape index (κ2) is 7.06. The van der Waals surface area contributed by atoms with Crippen molar-refractivity contribution in [2.45, 2.75) is 4.90 Å². The van der Waals surface area contributed by atoms with Gasteiger partial charge in [-0.15, -0.1) is 0 Å². The van der Waals surface area contributed by atoms with Crippen molar-refractivity contribution in [2.24, 2.45) is 0 Å². The first-order valence-electron chi connectivity index (χ1n) is 8.77. The molecule has 29 heavy (non-hydrogen) atoms. The first-order valence-corrected chi connectivity index (χ1v) is 10.3. The number of nitrogens with one attached hydrogen (secondary N) is 2. The summed E-state index contributed by atoms with van der Waals surface area (Å²) in [5, 5.41) is 2.15. The average Bonchev–Trinajstić information content (AvgIpc) is 3.01. The predicted octanol–water partition coefficient (Wildman–Crippen LogP) is 3.14. The number of fused-ring (bicyclic) bond motifs is 1. The van der Waals surface area contributed by atoms with Crippen LogP contribution in [0, 0.1) is 0 Å². The van der Waals surface area contributed by atoms with Crippen molar-refractivity contribution in [1.29, 1.82) is 0 Å². The molecule has 1 aliphatic heterocycles. The standard InChI is InChI=1S/C21H17N3O4S/c1-24(14-7-3-2-4-8-14)19-10-6-5-9-18(19)23-29(27,28)15-11-12-16-17(13-15)21(26)22-20(16)25/h2-13,23H,1H3,(H,22,25,26). The molecule has 3 aromatic carbocycles. The van der Waals surface area contributed by atoms with Crippen LogP contribution in [0.25, 0.3) is 0 Å². The molecule has 0 fully saturated rings. The van der Waals surface area contributed by atoms with Gasteiger partial charge in [0.15, 0.2) is 0 Å².